The summed E-state index contributed by atoms with van der Waals surface area (Å²) < 4.78 is 0. The van der Waals surface area contributed by atoms with E-state index in [0.29, 0.717) is 0 Å². The van der Waals surface area contributed by atoms with Crippen molar-refractivity contribution >= 4 is 17.3 Å². The number of aliphatic hydroxyl groups excluding tert-OH is 2. The Morgan fingerprint density at radius 3 is 2.65 bits per heavy atom. The van der Waals surface area contributed by atoms with Crippen LogP contribution in [0.2, 0.25) is 0 Å². The van der Waals surface area contributed by atoms with Gasteiger partial charge < -0.3 is 20.4 Å². The zero-order valence-electron chi connectivity index (χ0n) is 12.9. The summed E-state index contributed by atoms with van der Waals surface area (Å²) in [6.45, 7) is 1.67. The SMILES string of the molecule is Cc1ccc2c(c1)NC(c1ccccc1)C(=O)N2CC(O)CO. The first-order valence-electron chi connectivity index (χ1n) is 7.62. The van der Waals surface area contributed by atoms with Gasteiger partial charge in [-0.3, -0.25) is 4.79 Å². The second-order valence-electron chi connectivity index (χ2n) is 5.79. The fourth-order valence-electron chi connectivity index (χ4n) is 2.82. The van der Waals surface area contributed by atoms with Crippen LogP contribution in [-0.4, -0.2) is 35.4 Å². The number of hydrogen-bond acceptors (Lipinski definition) is 4. The number of carbonyl (C=O) groups is 1. The molecule has 2 unspecified atom stereocenters. The maximum atomic E-state index is 12.9. The van der Waals surface area contributed by atoms with E-state index < -0.39 is 12.1 Å². The molecule has 0 saturated heterocycles. The standard InChI is InChI=1S/C18H20N2O3/c1-12-7-8-16-15(9-12)19-17(13-5-3-2-4-6-13)18(23)20(16)10-14(22)11-21/h2-9,14,17,19,21-22H,10-11H2,1H3. The molecule has 3 rings (SSSR count). The normalized spacial score (nSPS) is 18.3. The van der Waals surface area contributed by atoms with Crippen molar-refractivity contribution in [2.75, 3.05) is 23.4 Å². The van der Waals surface area contributed by atoms with Crippen LogP contribution in [0.3, 0.4) is 0 Å². The molecule has 0 spiro atoms. The van der Waals surface area contributed by atoms with Crippen LogP contribution in [0.25, 0.3) is 0 Å². The molecule has 5 nitrogen and oxygen atoms in total. The van der Waals surface area contributed by atoms with E-state index in [-0.39, 0.29) is 19.1 Å². The Hall–Kier alpha value is -2.37. The monoisotopic (exact) mass is 312 g/mol. The highest BCUT2D eigenvalue weighted by Gasteiger charge is 2.34. The first-order valence-corrected chi connectivity index (χ1v) is 7.62. The van der Waals surface area contributed by atoms with Crippen molar-refractivity contribution in [3.05, 3.63) is 59.7 Å². The number of benzene rings is 2. The van der Waals surface area contributed by atoms with E-state index in [4.69, 9.17) is 5.11 Å². The Morgan fingerprint density at radius 2 is 1.96 bits per heavy atom. The van der Waals surface area contributed by atoms with Crippen LogP contribution in [0.4, 0.5) is 11.4 Å². The molecule has 120 valence electrons. The van der Waals surface area contributed by atoms with E-state index in [1.807, 2.05) is 55.5 Å². The van der Waals surface area contributed by atoms with E-state index in [1.54, 1.807) is 4.90 Å². The molecule has 1 aliphatic heterocycles. The number of nitrogens with zero attached hydrogens (tertiary/aromatic N) is 1. The van der Waals surface area contributed by atoms with Crippen LogP contribution in [0, 0.1) is 6.92 Å². The first-order chi connectivity index (χ1) is 11.1. The molecule has 0 radical (unpaired) electrons. The number of hydrogen-bond donors (Lipinski definition) is 3. The highest BCUT2D eigenvalue weighted by molar-refractivity contribution is 6.05. The van der Waals surface area contributed by atoms with E-state index in [0.717, 1.165) is 22.5 Å². The maximum Gasteiger partial charge on any atom is 0.254 e. The van der Waals surface area contributed by atoms with Gasteiger partial charge in [0.2, 0.25) is 0 Å². The molecule has 0 fully saturated rings. The van der Waals surface area contributed by atoms with Crippen LogP contribution in [0.15, 0.2) is 48.5 Å². The lowest BCUT2D eigenvalue weighted by Gasteiger charge is -2.36. The average Bonchev–Trinajstić information content (AvgIpc) is 2.57. The van der Waals surface area contributed by atoms with E-state index in [2.05, 4.69) is 5.32 Å². The Balaban J connectivity index is 2.02. The van der Waals surface area contributed by atoms with Crippen LogP contribution in [-0.2, 0) is 4.79 Å². The van der Waals surface area contributed by atoms with Crippen molar-refractivity contribution in [3.8, 4) is 0 Å². The van der Waals surface area contributed by atoms with Gasteiger partial charge in [0.1, 0.15) is 6.04 Å². The van der Waals surface area contributed by atoms with Crippen molar-refractivity contribution in [1.29, 1.82) is 0 Å². The van der Waals surface area contributed by atoms with Gasteiger partial charge in [-0.15, -0.1) is 0 Å². The molecule has 2 aromatic carbocycles. The molecule has 1 aliphatic rings. The number of carbonyl (C=O) groups excluding carboxylic acids is 1. The van der Waals surface area contributed by atoms with Gasteiger partial charge in [0.05, 0.1) is 30.6 Å². The third-order valence-corrected chi connectivity index (χ3v) is 3.99. The summed E-state index contributed by atoms with van der Waals surface area (Å²) in [5.41, 5.74) is 3.53. The number of β-amino-alcohol motifs (C(OH)–C–C–N with tert-alkyl or cyclic N) is 1. The summed E-state index contributed by atoms with van der Waals surface area (Å²) in [4.78, 5) is 14.4. The number of aryl methyl sites for hydroxylation is 1. The number of fused-ring (bicyclic) bond motifs is 1. The summed E-state index contributed by atoms with van der Waals surface area (Å²) in [6.07, 6.45) is -0.970. The highest BCUT2D eigenvalue weighted by atomic mass is 16.3. The Kier molecular flexibility index (Phi) is 4.32. The van der Waals surface area contributed by atoms with Gasteiger partial charge in [-0.1, -0.05) is 36.4 Å². The third kappa shape index (κ3) is 3.06. The predicted octanol–water partition coefficient (Wildman–Crippen LogP) is 1.85. The zero-order chi connectivity index (χ0) is 16.4. The maximum absolute atomic E-state index is 12.9. The Bertz CT molecular complexity index is 703. The van der Waals surface area contributed by atoms with Gasteiger partial charge >= 0.3 is 0 Å². The number of anilines is 2. The van der Waals surface area contributed by atoms with Crippen LogP contribution in [0.1, 0.15) is 17.2 Å². The van der Waals surface area contributed by atoms with Crippen molar-refractivity contribution < 1.29 is 15.0 Å². The van der Waals surface area contributed by atoms with Crippen molar-refractivity contribution in [2.24, 2.45) is 0 Å². The zero-order valence-corrected chi connectivity index (χ0v) is 12.9. The quantitative estimate of drug-likeness (QED) is 0.805. The number of amides is 1. The van der Waals surface area contributed by atoms with Gasteiger partial charge in [0.25, 0.3) is 5.91 Å². The molecule has 1 heterocycles. The van der Waals surface area contributed by atoms with Crippen LogP contribution < -0.4 is 10.2 Å². The lowest BCUT2D eigenvalue weighted by Crippen LogP contribution is -2.46. The molecule has 3 N–H and O–H groups in total. The minimum absolute atomic E-state index is 0.0659. The molecule has 0 saturated carbocycles. The second-order valence-corrected chi connectivity index (χ2v) is 5.79. The number of rotatable bonds is 4. The molecule has 5 heteroatoms. The fraction of sp³-hybridized carbons (Fsp3) is 0.278. The first kappa shape index (κ1) is 15.5. The van der Waals surface area contributed by atoms with Crippen molar-refractivity contribution in [2.45, 2.75) is 19.1 Å². The van der Waals surface area contributed by atoms with E-state index in [1.165, 1.54) is 0 Å². The summed E-state index contributed by atoms with van der Waals surface area (Å²) in [7, 11) is 0. The fourth-order valence-corrected chi connectivity index (χ4v) is 2.82. The third-order valence-electron chi connectivity index (χ3n) is 3.99. The molecule has 0 bridgehead atoms. The van der Waals surface area contributed by atoms with Gasteiger partial charge in [0.15, 0.2) is 0 Å². The average molecular weight is 312 g/mol. The smallest absolute Gasteiger partial charge is 0.254 e. The molecular formula is C18H20N2O3. The minimum atomic E-state index is -0.970. The lowest BCUT2D eigenvalue weighted by atomic mass is 10.00. The molecular weight excluding hydrogens is 292 g/mol. The summed E-state index contributed by atoms with van der Waals surface area (Å²) in [5, 5.41) is 22.2. The summed E-state index contributed by atoms with van der Waals surface area (Å²) in [5.74, 6) is -0.139. The topological polar surface area (TPSA) is 72.8 Å². The Morgan fingerprint density at radius 1 is 1.22 bits per heavy atom. The largest absolute Gasteiger partial charge is 0.394 e. The predicted molar refractivity (Wildman–Crippen MR) is 89.4 cm³/mol. The molecule has 0 aromatic heterocycles. The number of nitrogens with one attached hydrogen (secondary N) is 1. The van der Waals surface area contributed by atoms with Crippen molar-refractivity contribution in [1.82, 2.24) is 0 Å². The van der Waals surface area contributed by atoms with Crippen LogP contribution >= 0.6 is 0 Å². The minimum Gasteiger partial charge on any atom is -0.394 e. The van der Waals surface area contributed by atoms with Gasteiger partial charge in [0, 0.05) is 0 Å². The lowest BCUT2D eigenvalue weighted by molar-refractivity contribution is -0.120. The second kappa shape index (κ2) is 6.40. The van der Waals surface area contributed by atoms with Crippen molar-refractivity contribution in [3.63, 3.8) is 0 Å². The molecule has 1 amide bonds. The molecule has 0 aliphatic carbocycles. The molecule has 23 heavy (non-hydrogen) atoms. The summed E-state index contributed by atoms with van der Waals surface area (Å²) in [6, 6.07) is 14.8. The van der Waals surface area contributed by atoms with Crippen LogP contribution in [0.5, 0.6) is 0 Å². The van der Waals surface area contributed by atoms with E-state index in [9.17, 15) is 9.90 Å². The van der Waals surface area contributed by atoms with Gasteiger partial charge in [-0.05, 0) is 30.2 Å². The molecule has 2 aromatic rings. The molecule has 2 atom stereocenters. The van der Waals surface area contributed by atoms with E-state index >= 15 is 0 Å². The van der Waals surface area contributed by atoms with Gasteiger partial charge in [-0.2, -0.15) is 0 Å². The van der Waals surface area contributed by atoms with Gasteiger partial charge in [-0.25, -0.2) is 0 Å². The number of aliphatic hydroxyl groups is 2. The summed E-state index contributed by atoms with van der Waals surface area (Å²) >= 11 is 0. The highest BCUT2D eigenvalue weighted by Crippen LogP contribution is 2.37. The Labute approximate surface area is 135 Å².